The highest BCUT2D eigenvalue weighted by atomic mass is 16.8. The quantitative estimate of drug-likeness (QED) is 0.333. The van der Waals surface area contributed by atoms with Crippen LogP contribution in [0.2, 0.25) is 0 Å². The molecule has 0 saturated carbocycles. The van der Waals surface area contributed by atoms with Crippen LogP contribution < -0.4 is 20.6 Å². The van der Waals surface area contributed by atoms with Gasteiger partial charge in [0.05, 0.1) is 29.5 Å². The van der Waals surface area contributed by atoms with Crippen LogP contribution in [0.25, 0.3) is 21.8 Å². The second kappa shape index (κ2) is 9.97. The molecule has 0 spiro atoms. The number of pyridine rings is 1. The summed E-state index contributed by atoms with van der Waals surface area (Å²) in [7, 11) is 9.68. The van der Waals surface area contributed by atoms with Gasteiger partial charge in [0.25, 0.3) is 0 Å². The van der Waals surface area contributed by atoms with Gasteiger partial charge >= 0.3 is 0 Å². The number of hydrogen-bond acceptors (Lipinski definition) is 9. The lowest BCUT2D eigenvalue weighted by atomic mass is 10.0. The first-order chi connectivity index (χ1) is 14.8. The van der Waals surface area contributed by atoms with E-state index in [9.17, 15) is 10.4 Å². The van der Waals surface area contributed by atoms with E-state index in [2.05, 4.69) is 20.4 Å². The topological polar surface area (TPSA) is 99.2 Å². The van der Waals surface area contributed by atoms with Gasteiger partial charge in [-0.05, 0) is 58.5 Å². The molecule has 0 aliphatic carbocycles. The third kappa shape index (κ3) is 5.26. The van der Waals surface area contributed by atoms with Crippen molar-refractivity contribution in [1.82, 2.24) is 14.8 Å². The first kappa shape index (κ1) is 22.8. The van der Waals surface area contributed by atoms with Crippen molar-refractivity contribution in [3.05, 3.63) is 35.5 Å². The zero-order valence-electron chi connectivity index (χ0n) is 18.8. The Balaban J connectivity index is 2.25. The number of aromatic nitrogens is 1. The predicted molar refractivity (Wildman–Crippen MR) is 128 cm³/mol. The molecule has 3 aromatic rings. The Hall–Kier alpha value is -2.85. The lowest BCUT2D eigenvalue weighted by Crippen LogP contribution is -2.22. The maximum Gasteiger partial charge on any atom is 0.119 e. The summed E-state index contributed by atoms with van der Waals surface area (Å²) in [6.07, 6.45) is 0. The Labute approximate surface area is 182 Å². The van der Waals surface area contributed by atoms with Gasteiger partial charge < -0.3 is 35.6 Å². The molecular formula is C22H31N6O3-. The highest BCUT2D eigenvalue weighted by Crippen LogP contribution is 2.40. The van der Waals surface area contributed by atoms with Crippen LogP contribution in [-0.2, 0) is 0 Å². The number of ether oxygens (including phenoxy) is 1. The molecule has 0 bridgehead atoms. The molecule has 0 amide bonds. The van der Waals surface area contributed by atoms with Crippen molar-refractivity contribution in [2.45, 2.75) is 0 Å². The van der Waals surface area contributed by atoms with Crippen LogP contribution in [0.3, 0.4) is 0 Å². The monoisotopic (exact) mass is 427 g/mol. The van der Waals surface area contributed by atoms with E-state index in [-0.39, 0.29) is 10.9 Å². The van der Waals surface area contributed by atoms with Gasteiger partial charge in [0.15, 0.2) is 0 Å². The van der Waals surface area contributed by atoms with Crippen molar-refractivity contribution in [1.29, 1.82) is 0 Å². The van der Waals surface area contributed by atoms with E-state index < -0.39 is 0 Å². The van der Waals surface area contributed by atoms with E-state index >= 15 is 0 Å². The Bertz CT molecular complexity index is 1040. The van der Waals surface area contributed by atoms with Crippen LogP contribution in [0.5, 0.6) is 5.75 Å². The first-order valence-electron chi connectivity index (χ1n) is 10.2. The van der Waals surface area contributed by atoms with E-state index in [1.54, 1.807) is 19.2 Å². The normalized spacial score (nSPS) is 11.5. The Morgan fingerprint density at radius 3 is 2.29 bits per heavy atom. The van der Waals surface area contributed by atoms with Crippen molar-refractivity contribution in [3.63, 3.8) is 0 Å². The molecule has 9 heteroatoms. The zero-order chi connectivity index (χ0) is 22.5. The van der Waals surface area contributed by atoms with Gasteiger partial charge in [-0.1, -0.05) is 0 Å². The summed E-state index contributed by atoms with van der Waals surface area (Å²) in [6, 6.07) is 9.01. The van der Waals surface area contributed by atoms with E-state index in [1.165, 1.54) is 0 Å². The fourth-order valence-electron chi connectivity index (χ4n) is 3.45. The lowest BCUT2D eigenvalue weighted by molar-refractivity contribution is 0.297. The lowest BCUT2D eigenvalue weighted by Gasteiger charge is -2.26. The smallest absolute Gasteiger partial charge is 0.119 e. The first-order valence-corrected chi connectivity index (χ1v) is 10.2. The Morgan fingerprint density at radius 2 is 1.68 bits per heavy atom. The van der Waals surface area contributed by atoms with Crippen molar-refractivity contribution >= 4 is 38.9 Å². The minimum absolute atomic E-state index is 0.0986. The zero-order valence-corrected chi connectivity index (χ0v) is 18.8. The maximum absolute atomic E-state index is 11.9. The number of benzene rings is 2. The molecule has 0 atom stereocenters. The molecule has 0 saturated heterocycles. The van der Waals surface area contributed by atoms with E-state index in [4.69, 9.17) is 9.72 Å². The van der Waals surface area contributed by atoms with Crippen LogP contribution in [0, 0.1) is 5.21 Å². The van der Waals surface area contributed by atoms with Gasteiger partial charge in [-0.15, -0.1) is 0 Å². The third-order valence-electron chi connectivity index (χ3n) is 5.05. The van der Waals surface area contributed by atoms with Gasteiger partial charge in [0.2, 0.25) is 0 Å². The van der Waals surface area contributed by atoms with Crippen LogP contribution in [0.4, 0.5) is 17.1 Å². The molecule has 0 radical (unpaired) electrons. The van der Waals surface area contributed by atoms with Crippen molar-refractivity contribution in [3.8, 4) is 5.75 Å². The van der Waals surface area contributed by atoms with Gasteiger partial charge in [0.1, 0.15) is 5.75 Å². The van der Waals surface area contributed by atoms with E-state index in [1.807, 2.05) is 46.4 Å². The molecule has 3 rings (SSSR count). The fourth-order valence-corrected chi connectivity index (χ4v) is 3.45. The molecule has 0 aliphatic heterocycles. The minimum Gasteiger partial charge on any atom is -0.733 e. The number of nitrogens with one attached hydrogen (secondary N) is 2. The number of hydrogen-bond donors (Lipinski definition) is 3. The van der Waals surface area contributed by atoms with Crippen LogP contribution >= 0.6 is 0 Å². The van der Waals surface area contributed by atoms with Gasteiger partial charge in [-0.25, -0.2) is 4.98 Å². The molecule has 0 unspecified atom stereocenters. The van der Waals surface area contributed by atoms with Crippen LogP contribution in [-0.4, -0.2) is 81.5 Å². The number of likely N-dealkylation sites (N-methyl/N-ethyl adjacent to an activating group) is 2. The molecule has 168 valence electrons. The summed E-state index contributed by atoms with van der Waals surface area (Å²) in [4.78, 5) is 8.90. The second-order valence-electron chi connectivity index (χ2n) is 7.96. The molecule has 9 nitrogen and oxygen atoms in total. The number of nitrogens with zero attached hydrogens (tertiary/aromatic N) is 4. The van der Waals surface area contributed by atoms with Crippen LogP contribution in [0.15, 0.2) is 30.3 Å². The van der Waals surface area contributed by atoms with E-state index in [0.29, 0.717) is 17.6 Å². The average molecular weight is 428 g/mol. The average Bonchev–Trinajstić information content (AvgIpc) is 2.72. The van der Waals surface area contributed by atoms with E-state index in [0.717, 1.165) is 47.5 Å². The largest absolute Gasteiger partial charge is 0.733 e. The molecule has 2 aromatic carbocycles. The summed E-state index contributed by atoms with van der Waals surface area (Å²) in [5, 5.41) is 30.1. The summed E-state index contributed by atoms with van der Waals surface area (Å²) >= 11 is 0. The van der Waals surface area contributed by atoms with Crippen LogP contribution in [0.1, 0.15) is 0 Å². The second-order valence-corrected chi connectivity index (χ2v) is 7.96. The Morgan fingerprint density at radius 1 is 1.00 bits per heavy atom. The van der Waals surface area contributed by atoms with Gasteiger partial charge in [-0.3, -0.25) is 5.21 Å². The number of fused-ring (bicyclic) bond motifs is 2. The SMILES string of the molecule is COc1ccc2nc3c(N([O-])O)ccc(NCCN(C)C)c3c(NCCN(C)C)c2c1. The predicted octanol–water partition coefficient (Wildman–Crippen LogP) is 3.04. The fraction of sp³-hybridized carbons (Fsp3) is 0.409. The summed E-state index contributed by atoms with van der Waals surface area (Å²) in [5.41, 5.74) is 2.91. The summed E-state index contributed by atoms with van der Waals surface area (Å²) in [5.74, 6) is 0.718. The van der Waals surface area contributed by atoms with Gasteiger partial charge in [0, 0.05) is 42.6 Å². The highest BCUT2D eigenvalue weighted by molar-refractivity contribution is 6.15. The molecule has 1 aromatic heterocycles. The third-order valence-corrected chi connectivity index (χ3v) is 5.05. The number of rotatable bonds is 10. The molecule has 3 N–H and O–H groups in total. The standard InChI is InChI=1S/C22H31N6O3/c1-26(2)12-10-23-18-8-9-19(28(29)30)22-20(18)21(24-11-13-27(3)4)16-14-15(31-5)6-7-17(16)25-22/h6-9,14,23,29H,10-13H2,1-5H3,(H,24,25)/q-1. The van der Waals surface area contributed by atoms with Crippen molar-refractivity contribution < 1.29 is 9.94 Å². The molecule has 31 heavy (non-hydrogen) atoms. The minimum atomic E-state index is -0.127. The summed E-state index contributed by atoms with van der Waals surface area (Å²) in [6.45, 7) is 3.08. The Kier molecular flexibility index (Phi) is 7.34. The number of anilines is 3. The number of methoxy groups -OCH3 is 1. The maximum atomic E-state index is 11.9. The molecule has 1 heterocycles. The molecular weight excluding hydrogens is 396 g/mol. The highest BCUT2D eigenvalue weighted by Gasteiger charge is 2.17. The molecule has 0 aliphatic rings. The van der Waals surface area contributed by atoms with Gasteiger partial charge in [-0.2, -0.15) is 0 Å². The summed E-state index contributed by atoms with van der Waals surface area (Å²) < 4.78 is 5.43. The molecule has 0 fully saturated rings. The van der Waals surface area contributed by atoms with Crippen molar-refractivity contribution in [2.75, 3.05) is 77.3 Å². The van der Waals surface area contributed by atoms with Crippen molar-refractivity contribution in [2.24, 2.45) is 0 Å².